The van der Waals surface area contributed by atoms with Gasteiger partial charge in [0, 0.05) is 17.1 Å². The van der Waals surface area contributed by atoms with Gasteiger partial charge in [0.25, 0.3) is 5.91 Å². The molecule has 0 saturated carbocycles. The van der Waals surface area contributed by atoms with Crippen molar-refractivity contribution in [3.8, 4) is 5.75 Å². The normalized spacial score (nSPS) is 11.9. The van der Waals surface area contributed by atoms with Crippen molar-refractivity contribution in [2.45, 2.75) is 20.4 Å². The molecule has 124 valence electrons. The van der Waals surface area contributed by atoms with Gasteiger partial charge in [0.1, 0.15) is 11.3 Å². The van der Waals surface area contributed by atoms with Gasteiger partial charge >= 0.3 is 0 Å². The van der Waals surface area contributed by atoms with Gasteiger partial charge in [-0.25, -0.2) is 0 Å². The van der Waals surface area contributed by atoms with Crippen LogP contribution in [-0.2, 0) is 6.54 Å². The number of hydrogen-bond donors (Lipinski definition) is 0. The Morgan fingerprint density at radius 1 is 1.21 bits per heavy atom. The fourth-order valence-electron chi connectivity index (χ4n) is 2.49. The van der Waals surface area contributed by atoms with Gasteiger partial charge < -0.3 is 9.30 Å². The fourth-order valence-corrected chi connectivity index (χ4v) is 3.73. The van der Waals surface area contributed by atoms with Gasteiger partial charge in [0.05, 0.1) is 11.3 Å². The molecular formula is C18H17ClN2O2S. The van der Waals surface area contributed by atoms with Gasteiger partial charge in [-0.1, -0.05) is 29.0 Å². The first kappa shape index (κ1) is 16.7. The number of carbonyl (C=O) groups excluding carboxylic acids is 1. The highest BCUT2D eigenvalue weighted by Gasteiger charge is 2.12. The summed E-state index contributed by atoms with van der Waals surface area (Å²) in [5, 5.41) is 0.596. The van der Waals surface area contributed by atoms with E-state index in [2.05, 4.69) is 4.99 Å². The van der Waals surface area contributed by atoms with Gasteiger partial charge in [-0.15, -0.1) is 0 Å². The second kappa shape index (κ2) is 7.20. The Bertz CT molecular complexity index is 942. The van der Waals surface area contributed by atoms with Crippen molar-refractivity contribution < 1.29 is 9.53 Å². The fraction of sp³-hybridized carbons (Fsp3) is 0.222. The minimum atomic E-state index is -0.279. The van der Waals surface area contributed by atoms with E-state index < -0.39 is 0 Å². The average Bonchev–Trinajstić information content (AvgIpc) is 2.93. The van der Waals surface area contributed by atoms with Crippen LogP contribution < -0.4 is 9.54 Å². The zero-order valence-electron chi connectivity index (χ0n) is 13.5. The van der Waals surface area contributed by atoms with Crippen LogP contribution in [0.15, 0.2) is 47.5 Å². The lowest BCUT2D eigenvalue weighted by molar-refractivity contribution is 0.0998. The van der Waals surface area contributed by atoms with E-state index in [1.807, 2.05) is 36.6 Å². The average molecular weight is 361 g/mol. The molecule has 3 aromatic rings. The molecule has 0 saturated heterocycles. The lowest BCUT2D eigenvalue weighted by Gasteiger charge is -2.07. The maximum absolute atomic E-state index is 12.4. The molecule has 1 heterocycles. The number of amides is 1. The van der Waals surface area contributed by atoms with Crippen LogP contribution in [0.1, 0.15) is 24.2 Å². The smallest absolute Gasteiger partial charge is 0.279 e. The summed E-state index contributed by atoms with van der Waals surface area (Å²) in [5.41, 5.74) is 1.50. The predicted octanol–water partition coefficient (Wildman–Crippen LogP) is 4.52. The minimum Gasteiger partial charge on any atom is -0.492 e. The van der Waals surface area contributed by atoms with E-state index in [0.29, 0.717) is 28.5 Å². The molecule has 2 aromatic carbocycles. The number of thiazole rings is 1. The molecule has 6 heteroatoms. The number of nitrogens with zero attached hydrogens (tertiary/aromatic N) is 2. The Hall–Kier alpha value is -2.11. The summed E-state index contributed by atoms with van der Waals surface area (Å²) >= 11 is 7.35. The van der Waals surface area contributed by atoms with Crippen LogP contribution >= 0.6 is 22.9 Å². The van der Waals surface area contributed by atoms with Crippen LogP contribution in [0.3, 0.4) is 0 Å². The summed E-state index contributed by atoms with van der Waals surface area (Å²) in [6, 6.07) is 12.7. The lowest BCUT2D eigenvalue weighted by atomic mass is 10.2. The third kappa shape index (κ3) is 3.23. The summed E-state index contributed by atoms with van der Waals surface area (Å²) in [7, 11) is 0. The highest BCUT2D eigenvalue weighted by molar-refractivity contribution is 7.16. The molecule has 3 rings (SSSR count). The maximum atomic E-state index is 12.4. The Labute approximate surface area is 149 Å². The largest absolute Gasteiger partial charge is 0.492 e. The number of ether oxygens (including phenoxy) is 1. The van der Waals surface area contributed by atoms with Crippen molar-refractivity contribution in [1.29, 1.82) is 0 Å². The number of benzene rings is 2. The highest BCUT2D eigenvalue weighted by Crippen LogP contribution is 2.27. The summed E-state index contributed by atoms with van der Waals surface area (Å²) in [6.45, 7) is 5.28. The maximum Gasteiger partial charge on any atom is 0.279 e. The first-order valence-electron chi connectivity index (χ1n) is 7.73. The molecule has 0 aliphatic heterocycles. The molecule has 0 aliphatic carbocycles. The van der Waals surface area contributed by atoms with Crippen LogP contribution in [0.4, 0.5) is 0 Å². The summed E-state index contributed by atoms with van der Waals surface area (Å²) in [5.74, 6) is 0.534. The predicted molar refractivity (Wildman–Crippen MR) is 98.0 cm³/mol. The van der Waals surface area contributed by atoms with E-state index in [4.69, 9.17) is 16.3 Å². The van der Waals surface area contributed by atoms with E-state index in [9.17, 15) is 4.79 Å². The van der Waals surface area contributed by atoms with Crippen molar-refractivity contribution in [3.05, 3.63) is 57.9 Å². The van der Waals surface area contributed by atoms with Crippen molar-refractivity contribution >= 4 is 39.1 Å². The number of para-hydroxylation sites is 1. The SMILES string of the molecule is CCOc1cccc2sc(=NC(=O)c3ccc(Cl)cc3)n(CC)c12. The molecule has 0 N–H and O–H groups in total. The number of aromatic nitrogens is 1. The number of fused-ring (bicyclic) bond motifs is 1. The second-order valence-electron chi connectivity index (χ2n) is 5.09. The summed E-state index contributed by atoms with van der Waals surface area (Å²) in [4.78, 5) is 17.4. The van der Waals surface area contributed by atoms with E-state index >= 15 is 0 Å². The van der Waals surface area contributed by atoms with Crippen molar-refractivity contribution in [3.63, 3.8) is 0 Å². The van der Waals surface area contributed by atoms with E-state index in [1.54, 1.807) is 24.3 Å². The number of carbonyl (C=O) groups is 1. The van der Waals surface area contributed by atoms with Crippen molar-refractivity contribution in [2.75, 3.05) is 6.61 Å². The first-order valence-corrected chi connectivity index (χ1v) is 8.93. The monoisotopic (exact) mass is 360 g/mol. The molecule has 0 aliphatic rings. The Kier molecular flexibility index (Phi) is 5.02. The van der Waals surface area contributed by atoms with Gasteiger partial charge in [-0.3, -0.25) is 4.79 Å². The summed E-state index contributed by atoms with van der Waals surface area (Å²) in [6.07, 6.45) is 0. The van der Waals surface area contributed by atoms with Crippen LogP contribution in [0, 0.1) is 0 Å². The molecule has 0 unspecified atom stereocenters. The molecule has 0 bridgehead atoms. The topological polar surface area (TPSA) is 43.6 Å². The second-order valence-corrected chi connectivity index (χ2v) is 6.53. The van der Waals surface area contributed by atoms with E-state index in [1.165, 1.54) is 11.3 Å². The zero-order chi connectivity index (χ0) is 17.1. The van der Waals surface area contributed by atoms with Crippen molar-refractivity contribution in [2.24, 2.45) is 4.99 Å². The molecular weight excluding hydrogens is 344 g/mol. The summed E-state index contributed by atoms with van der Waals surface area (Å²) < 4.78 is 8.78. The Morgan fingerprint density at radius 2 is 1.96 bits per heavy atom. The van der Waals surface area contributed by atoms with Crippen LogP contribution in [0.25, 0.3) is 10.2 Å². The minimum absolute atomic E-state index is 0.279. The highest BCUT2D eigenvalue weighted by atomic mass is 35.5. The number of rotatable bonds is 4. The van der Waals surface area contributed by atoms with E-state index in [0.717, 1.165) is 16.0 Å². The van der Waals surface area contributed by atoms with Gasteiger partial charge in [0.15, 0.2) is 4.80 Å². The molecule has 0 radical (unpaired) electrons. The molecule has 0 spiro atoms. The zero-order valence-corrected chi connectivity index (χ0v) is 15.0. The Balaban J connectivity index is 2.13. The van der Waals surface area contributed by atoms with Crippen molar-refractivity contribution in [1.82, 2.24) is 4.57 Å². The molecule has 24 heavy (non-hydrogen) atoms. The van der Waals surface area contributed by atoms with Crippen LogP contribution in [-0.4, -0.2) is 17.1 Å². The van der Waals surface area contributed by atoms with Gasteiger partial charge in [0.2, 0.25) is 0 Å². The standard InChI is InChI=1S/C18H17ClN2O2S/c1-3-21-16-14(23-4-2)6-5-7-15(16)24-18(21)20-17(22)12-8-10-13(19)11-9-12/h5-11H,3-4H2,1-2H3. The van der Waals surface area contributed by atoms with Gasteiger partial charge in [-0.05, 0) is 50.2 Å². The first-order chi connectivity index (χ1) is 11.6. The molecule has 1 aromatic heterocycles. The molecule has 1 amide bonds. The molecule has 0 atom stereocenters. The van der Waals surface area contributed by atoms with Gasteiger partial charge in [-0.2, -0.15) is 4.99 Å². The third-order valence-corrected chi connectivity index (χ3v) is 4.86. The number of halogens is 1. The van der Waals surface area contributed by atoms with Crippen LogP contribution in [0.2, 0.25) is 5.02 Å². The third-order valence-electron chi connectivity index (χ3n) is 3.57. The van der Waals surface area contributed by atoms with Crippen LogP contribution in [0.5, 0.6) is 5.75 Å². The number of hydrogen-bond acceptors (Lipinski definition) is 3. The number of aryl methyl sites for hydroxylation is 1. The van der Waals surface area contributed by atoms with E-state index in [-0.39, 0.29) is 5.91 Å². The molecule has 4 nitrogen and oxygen atoms in total. The Morgan fingerprint density at radius 3 is 2.62 bits per heavy atom. The lowest BCUT2D eigenvalue weighted by Crippen LogP contribution is -2.16. The molecule has 0 fully saturated rings. The quantitative estimate of drug-likeness (QED) is 0.686.